The van der Waals surface area contributed by atoms with Gasteiger partial charge in [0.15, 0.2) is 0 Å². The Bertz CT molecular complexity index is 150. The lowest BCUT2D eigenvalue weighted by Crippen LogP contribution is -2.41. The van der Waals surface area contributed by atoms with Crippen LogP contribution in [-0.2, 0) is 0 Å². The molecule has 2 nitrogen and oxygen atoms in total. The third-order valence-electron chi connectivity index (χ3n) is 2.59. The average Bonchev–Trinajstić information content (AvgIpc) is 2.19. The van der Waals surface area contributed by atoms with Gasteiger partial charge < -0.3 is 10.2 Å². The Morgan fingerprint density at radius 3 is 2.54 bits per heavy atom. The van der Waals surface area contributed by atoms with Gasteiger partial charge in [-0.1, -0.05) is 13.8 Å². The zero-order chi connectivity index (χ0) is 9.84. The maximum Gasteiger partial charge on any atom is 0.117 e. The number of hydrogen-bond acceptors (Lipinski definition) is 2. The highest BCUT2D eigenvalue weighted by molar-refractivity contribution is 4.82. The van der Waals surface area contributed by atoms with Gasteiger partial charge in [-0.2, -0.15) is 0 Å². The Morgan fingerprint density at radius 2 is 1.92 bits per heavy atom. The molecule has 1 fully saturated rings. The standard InChI is InChI=1S/C10H21FN2/c1-8(2)12-10-5-7-13(3)6-4-9(10)11/h8-10,12H,4-7H2,1-3H3. The number of rotatable bonds is 2. The smallest absolute Gasteiger partial charge is 0.117 e. The highest BCUT2D eigenvalue weighted by Gasteiger charge is 2.24. The van der Waals surface area contributed by atoms with Crippen molar-refractivity contribution in [2.24, 2.45) is 0 Å². The summed E-state index contributed by atoms with van der Waals surface area (Å²) in [5.41, 5.74) is 0. The van der Waals surface area contributed by atoms with Crippen LogP contribution < -0.4 is 5.32 Å². The minimum Gasteiger partial charge on any atom is -0.309 e. The van der Waals surface area contributed by atoms with Crippen LogP contribution >= 0.6 is 0 Å². The van der Waals surface area contributed by atoms with Crippen molar-refractivity contribution in [2.45, 2.75) is 44.9 Å². The van der Waals surface area contributed by atoms with E-state index in [1.165, 1.54) is 0 Å². The largest absolute Gasteiger partial charge is 0.309 e. The highest BCUT2D eigenvalue weighted by atomic mass is 19.1. The summed E-state index contributed by atoms with van der Waals surface area (Å²) >= 11 is 0. The van der Waals surface area contributed by atoms with Crippen LogP contribution in [0.15, 0.2) is 0 Å². The van der Waals surface area contributed by atoms with Crippen molar-refractivity contribution >= 4 is 0 Å². The zero-order valence-corrected chi connectivity index (χ0v) is 8.89. The molecule has 0 amide bonds. The molecule has 0 bridgehead atoms. The quantitative estimate of drug-likeness (QED) is 0.705. The number of likely N-dealkylation sites (tertiary alicyclic amines) is 1. The Kier molecular flexibility index (Phi) is 4.13. The molecule has 1 heterocycles. The van der Waals surface area contributed by atoms with Gasteiger partial charge in [0, 0.05) is 18.6 Å². The third kappa shape index (κ3) is 3.61. The van der Waals surface area contributed by atoms with Crippen molar-refractivity contribution in [2.75, 3.05) is 20.1 Å². The molecule has 78 valence electrons. The molecule has 0 saturated carbocycles. The van der Waals surface area contributed by atoms with Gasteiger partial charge in [0.1, 0.15) is 6.17 Å². The summed E-state index contributed by atoms with van der Waals surface area (Å²) in [4.78, 5) is 2.20. The van der Waals surface area contributed by atoms with Crippen molar-refractivity contribution in [1.82, 2.24) is 10.2 Å². The van der Waals surface area contributed by atoms with Crippen LogP contribution in [-0.4, -0.2) is 43.3 Å². The number of halogens is 1. The Balaban J connectivity index is 2.42. The van der Waals surface area contributed by atoms with E-state index in [0.29, 0.717) is 12.5 Å². The average molecular weight is 188 g/mol. The monoisotopic (exact) mass is 188 g/mol. The SMILES string of the molecule is CC(C)NC1CCN(C)CCC1F. The minimum absolute atomic E-state index is 0.0601. The van der Waals surface area contributed by atoms with E-state index in [2.05, 4.69) is 31.1 Å². The van der Waals surface area contributed by atoms with Crippen molar-refractivity contribution in [3.05, 3.63) is 0 Å². The predicted octanol–water partition coefficient (Wildman–Crippen LogP) is 1.42. The van der Waals surface area contributed by atoms with Gasteiger partial charge in [-0.05, 0) is 26.4 Å². The lowest BCUT2D eigenvalue weighted by atomic mass is 10.1. The molecule has 1 N–H and O–H groups in total. The molecule has 1 rings (SSSR count). The van der Waals surface area contributed by atoms with Crippen LogP contribution in [0.2, 0.25) is 0 Å². The molecule has 0 aliphatic carbocycles. The van der Waals surface area contributed by atoms with Crippen LogP contribution in [0, 0.1) is 0 Å². The molecular formula is C10H21FN2. The van der Waals surface area contributed by atoms with Gasteiger partial charge in [0.25, 0.3) is 0 Å². The fraction of sp³-hybridized carbons (Fsp3) is 1.00. The molecule has 0 aromatic carbocycles. The summed E-state index contributed by atoms with van der Waals surface area (Å²) in [7, 11) is 2.06. The first-order chi connectivity index (χ1) is 6.09. The van der Waals surface area contributed by atoms with Crippen molar-refractivity contribution in [3.8, 4) is 0 Å². The Morgan fingerprint density at radius 1 is 1.31 bits per heavy atom. The number of hydrogen-bond donors (Lipinski definition) is 1. The molecule has 0 aromatic heterocycles. The maximum absolute atomic E-state index is 13.6. The van der Waals surface area contributed by atoms with E-state index in [-0.39, 0.29) is 6.04 Å². The molecule has 1 saturated heterocycles. The summed E-state index contributed by atoms with van der Waals surface area (Å²) in [6, 6.07) is 0.441. The summed E-state index contributed by atoms with van der Waals surface area (Å²) in [5, 5.41) is 3.29. The first-order valence-electron chi connectivity index (χ1n) is 5.18. The topological polar surface area (TPSA) is 15.3 Å². The lowest BCUT2D eigenvalue weighted by Gasteiger charge is -2.22. The van der Waals surface area contributed by atoms with Crippen LogP contribution in [0.4, 0.5) is 4.39 Å². The fourth-order valence-electron chi connectivity index (χ4n) is 1.81. The normalized spacial score (nSPS) is 32.1. The van der Waals surface area contributed by atoms with Crippen molar-refractivity contribution < 1.29 is 4.39 Å². The van der Waals surface area contributed by atoms with Crippen LogP contribution in [0.3, 0.4) is 0 Å². The van der Waals surface area contributed by atoms with Gasteiger partial charge in [-0.15, -0.1) is 0 Å². The van der Waals surface area contributed by atoms with Crippen molar-refractivity contribution in [1.29, 1.82) is 0 Å². The minimum atomic E-state index is -0.674. The second-order valence-corrected chi connectivity index (χ2v) is 4.32. The molecule has 0 spiro atoms. The molecule has 3 heteroatoms. The molecule has 13 heavy (non-hydrogen) atoms. The van der Waals surface area contributed by atoms with E-state index in [9.17, 15) is 4.39 Å². The second-order valence-electron chi connectivity index (χ2n) is 4.32. The molecule has 1 aliphatic heterocycles. The molecular weight excluding hydrogens is 167 g/mol. The van der Waals surface area contributed by atoms with E-state index < -0.39 is 6.17 Å². The lowest BCUT2D eigenvalue weighted by molar-refractivity contribution is 0.231. The zero-order valence-electron chi connectivity index (χ0n) is 8.89. The second kappa shape index (κ2) is 4.91. The van der Waals surface area contributed by atoms with Crippen LogP contribution in [0.5, 0.6) is 0 Å². The first-order valence-corrected chi connectivity index (χ1v) is 5.18. The fourth-order valence-corrected chi connectivity index (χ4v) is 1.81. The van der Waals surface area contributed by atoms with Gasteiger partial charge in [0.05, 0.1) is 0 Å². The number of nitrogens with one attached hydrogen (secondary N) is 1. The van der Waals surface area contributed by atoms with E-state index in [1.807, 2.05) is 0 Å². The van der Waals surface area contributed by atoms with Gasteiger partial charge in [-0.25, -0.2) is 4.39 Å². The van der Waals surface area contributed by atoms with Gasteiger partial charge in [-0.3, -0.25) is 0 Å². The summed E-state index contributed by atoms with van der Waals surface area (Å²) in [6.07, 6.45) is 0.920. The van der Waals surface area contributed by atoms with E-state index in [4.69, 9.17) is 0 Å². The Labute approximate surface area is 80.5 Å². The number of alkyl halides is 1. The molecule has 2 atom stereocenters. The molecule has 0 radical (unpaired) electrons. The van der Waals surface area contributed by atoms with E-state index in [1.54, 1.807) is 0 Å². The first kappa shape index (κ1) is 10.9. The van der Waals surface area contributed by atoms with Crippen molar-refractivity contribution in [3.63, 3.8) is 0 Å². The van der Waals surface area contributed by atoms with Gasteiger partial charge >= 0.3 is 0 Å². The summed E-state index contributed by atoms with van der Waals surface area (Å²) in [6.45, 7) is 6.03. The van der Waals surface area contributed by atoms with Crippen LogP contribution in [0.1, 0.15) is 26.7 Å². The van der Waals surface area contributed by atoms with Gasteiger partial charge in [0.2, 0.25) is 0 Å². The third-order valence-corrected chi connectivity index (χ3v) is 2.59. The van der Waals surface area contributed by atoms with E-state index >= 15 is 0 Å². The van der Waals surface area contributed by atoms with E-state index in [0.717, 1.165) is 19.5 Å². The maximum atomic E-state index is 13.6. The van der Waals surface area contributed by atoms with Crippen LogP contribution in [0.25, 0.3) is 0 Å². The molecule has 1 aliphatic rings. The number of nitrogens with zero attached hydrogens (tertiary/aromatic N) is 1. The summed E-state index contributed by atoms with van der Waals surface area (Å²) < 4.78 is 13.6. The molecule has 2 unspecified atom stereocenters. The summed E-state index contributed by atoms with van der Waals surface area (Å²) in [5.74, 6) is 0. The predicted molar refractivity (Wildman–Crippen MR) is 53.7 cm³/mol. The molecule has 0 aromatic rings. The Hall–Kier alpha value is -0.150. The highest BCUT2D eigenvalue weighted by Crippen LogP contribution is 2.14.